The van der Waals surface area contributed by atoms with Gasteiger partial charge >= 0.3 is 0 Å². The first-order valence-corrected chi connectivity index (χ1v) is 11.1. The lowest BCUT2D eigenvalue weighted by molar-refractivity contribution is -0.121. The maximum atomic E-state index is 13.4. The average Bonchev–Trinajstić information content (AvgIpc) is 2.83. The minimum absolute atomic E-state index is 0.00197. The van der Waals surface area contributed by atoms with E-state index in [1.54, 1.807) is 25.3 Å². The molecule has 1 aliphatic rings. The second-order valence-electron chi connectivity index (χ2n) is 8.30. The number of halogens is 1. The first-order valence-electron chi connectivity index (χ1n) is 11.1. The van der Waals surface area contributed by atoms with Gasteiger partial charge in [0.1, 0.15) is 11.6 Å². The molecule has 5 nitrogen and oxygen atoms in total. The Morgan fingerprint density at radius 1 is 1.06 bits per heavy atom. The summed E-state index contributed by atoms with van der Waals surface area (Å²) in [7, 11) is 1.66. The van der Waals surface area contributed by atoms with E-state index in [4.69, 9.17) is 4.74 Å². The Bertz CT molecular complexity index is 1160. The van der Waals surface area contributed by atoms with Crippen molar-refractivity contribution in [3.63, 3.8) is 0 Å². The van der Waals surface area contributed by atoms with Crippen LogP contribution < -0.4 is 15.4 Å². The highest BCUT2D eigenvalue weighted by atomic mass is 19.1. The van der Waals surface area contributed by atoms with Crippen LogP contribution in [0.3, 0.4) is 0 Å². The number of hydrogen-bond acceptors (Lipinski definition) is 3. The van der Waals surface area contributed by atoms with Crippen LogP contribution in [0.15, 0.2) is 66.7 Å². The molecule has 2 N–H and O–H groups in total. The van der Waals surface area contributed by atoms with Gasteiger partial charge in [-0.15, -0.1) is 0 Å². The van der Waals surface area contributed by atoms with E-state index in [-0.39, 0.29) is 23.3 Å². The third-order valence-corrected chi connectivity index (χ3v) is 5.98. The molecule has 6 heteroatoms. The van der Waals surface area contributed by atoms with E-state index in [1.807, 2.05) is 18.2 Å². The molecule has 1 aliphatic carbocycles. The Labute approximate surface area is 193 Å². The van der Waals surface area contributed by atoms with Gasteiger partial charge in [-0.05, 0) is 84.3 Å². The number of nitrogens with one attached hydrogen (secondary N) is 2. The number of hydrogen-bond donors (Lipinski definition) is 2. The minimum Gasteiger partial charge on any atom is -0.497 e. The van der Waals surface area contributed by atoms with Crippen LogP contribution in [0.2, 0.25) is 0 Å². The monoisotopic (exact) mass is 446 g/mol. The normalized spacial score (nSPS) is 14.8. The number of fused-ring (bicyclic) bond motifs is 1. The Morgan fingerprint density at radius 2 is 1.91 bits per heavy atom. The Morgan fingerprint density at radius 3 is 2.73 bits per heavy atom. The Hall–Kier alpha value is -3.67. The van der Waals surface area contributed by atoms with Gasteiger partial charge in [-0.2, -0.15) is 0 Å². The molecule has 0 bridgehead atoms. The van der Waals surface area contributed by atoms with Gasteiger partial charge in [0.2, 0.25) is 5.91 Å². The molecule has 170 valence electrons. The topological polar surface area (TPSA) is 67.4 Å². The van der Waals surface area contributed by atoms with E-state index in [0.29, 0.717) is 18.7 Å². The number of aryl methyl sites for hydroxylation is 1. The van der Waals surface area contributed by atoms with E-state index in [9.17, 15) is 14.0 Å². The molecule has 1 atom stereocenters. The molecule has 0 spiro atoms. The van der Waals surface area contributed by atoms with E-state index >= 15 is 0 Å². The maximum Gasteiger partial charge on any atom is 0.255 e. The van der Waals surface area contributed by atoms with Crippen molar-refractivity contribution in [1.82, 2.24) is 5.32 Å². The molecular weight excluding hydrogens is 419 g/mol. The van der Waals surface area contributed by atoms with Gasteiger partial charge in [0.05, 0.1) is 7.11 Å². The molecule has 2 amide bonds. The largest absolute Gasteiger partial charge is 0.497 e. The van der Waals surface area contributed by atoms with Crippen LogP contribution >= 0.6 is 0 Å². The molecule has 1 unspecified atom stereocenters. The number of benzene rings is 3. The molecule has 0 saturated heterocycles. The van der Waals surface area contributed by atoms with E-state index in [2.05, 4.69) is 22.8 Å². The van der Waals surface area contributed by atoms with Crippen molar-refractivity contribution in [2.45, 2.75) is 38.1 Å². The van der Waals surface area contributed by atoms with Crippen molar-refractivity contribution in [3.05, 3.63) is 94.8 Å². The van der Waals surface area contributed by atoms with Crippen LogP contribution in [0.4, 0.5) is 10.1 Å². The standard InChI is InChI=1S/C27H27FN2O3/c1-33-24-11-12-25-19(15-24)6-3-7-20(25)16-26(31)29-17-18-5-2-10-23(13-18)30-27(32)21-8-4-9-22(28)14-21/h2,4-5,8-15,20H,3,6-7,16-17H2,1H3,(H,29,31)(H,30,32). The fourth-order valence-electron chi connectivity index (χ4n) is 4.32. The molecule has 0 radical (unpaired) electrons. The molecule has 0 aliphatic heterocycles. The number of rotatable bonds is 7. The first-order chi connectivity index (χ1) is 16.0. The smallest absolute Gasteiger partial charge is 0.255 e. The zero-order valence-electron chi connectivity index (χ0n) is 18.6. The number of amides is 2. The number of methoxy groups -OCH3 is 1. The van der Waals surface area contributed by atoms with Crippen molar-refractivity contribution < 1.29 is 18.7 Å². The van der Waals surface area contributed by atoms with Crippen LogP contribution in [0.1, 0.15) is 52.2 Å². The molecule has 3 aromatic carbocycles. The summed E-state index contributed by atoms with van der Waals surface area (Å²) >= 11 is 0. The summed E-state index contributed by atoms with van der Waals surface area (Å²) in [4.78, 5) is 25.0. The number of carbonyl (C=O) groups is 2. The fourth-order valence-corrected chi connectivity index (χ4v) is 4.32. The SMILES string of the molecule is COc1ccc2c(c1)CCCC2CC(=O)NCc1cccc(NC(=O)c2cccc(F)c2)c1. The van der Waals surface area contributed by atoms with Crippen LogP contribution in [-0.4, -0.2) is 18.9 Å². The molecule has 3 aromatic rings. The Balaban J connectivity index is 1.33. The molecule has 0 heterocycles. The van der Waals surface area contributed by atoms with Gasteiger partial charge in [0.25, 0.3) is 5.91 Å². The minimum atomic E-state index is -0.459. The molecule has 0 saturated carbocycles. The third kappa shape index (κ3) is 5.77. The summed E-state index contributed by atoms with van der Waals surface area (Å²) in [6.07, 6.45) is 3.51. The second kappa shape index (κ2) is 10.3. The van der Waals surface area contributed by atoms with Crippen molar-refractivity contribution in [2.75, 3.05) is 12.4 Å². The van der Waals surface area contributed by atoms with Crippen LogP contribution in [0, 0.1) is 5.82 Å². The van der Waals surface area contributed by atoms with Crippen LogP contribution in [0.5, 0.6) is 5.75 Å². The van der Waals surface area contributed by atoms with Gasteiger partial charge in [-0.25, -0.2) is 4.39 Å². The van der Waals surface area contributed by atoms with E-state index in [0.717, 1.165) is 30.6 Å². The van der Waals surface area contributed by atoms with Gasteiger partial charge in [-0.3, -0.25) is 9.59 Å². The van der Waals surface area contributed by atoms with Crippen LogP contribution in [-0.2, 0) is 17.8 Å². The number of anilines is 1. The van der Waals surface area contributed by atoms with Gasteiger partial charge in [0.15, 0.2) is 0 Å². The zero-order chi connectivity index (χ0) is 23.2. The van der Waals surface area contributed by atoms with Gasteiger partial charge in [0, 0.05) is 24.2 Å². The molecule has 0 fully saturated rings. The highest BCUT2D eigenvalue weighted by Gasteiger charge is 2.23. The first kappa shape index (κ1) is 22.5. The molecular formula is C27H27FN2O3. The summed E-state index contributed by atoms with van der Waals surface area (Å²) in [6, 6.07) is 18.9. The zero-order valence-corrected chi connectivity index (χ0v) is 18.6. The fraction of sp³-hybridized carbons (Fsp3) is 0.259. The van der Waals surface area contributed by atoms with Gasteiger partial charge < -0.3 is 15.4 Å². The number of carbonyl (C=O) groups excluding carboxylic acids is 2. The average molecular weight is 447 g/mol. The molecule has 33 heavy (non-hydrogen) atoms. The summed E-state index contributed by atoms with van der Waals surface area (Å²) < 4.78 is 18.7. The van der Waals surface area contributed by atoms with Gasteiger partial charge in [-0.1, -0.05) is 24.3 Å². The quantitative estimate of drug-likeness (QED) is 0.523. The predicted octanol–water partition coefficient (Wildman–Crippen LogP) is 5.21. The lowest BCUT2D eigenvalue weighted by Crippen LogP contribution is -2.26. The lowest BCUT2D eigenvalue weighted by Gasteiger charge is -2.25. The van der Waals surface area contributed by atoms with E-state index < -0.39 is 5.82 Å². The summed E-state index contributed by atoms with van der Waals surface area (Å²) in [5, 5.41) is 5.76. The second-order valence-corrected chi connectivity index (χ2v) is 8.30. The van der Waals surface area contributed by atoms with Crippen molar-refractivity contribution in [1.29, 1.82) is 0 Å². The van der Waals surface area contributed by atoms with E-state index in [1.165, 1.54) is 29.3 Å². The maximum absolute atomic E-state index is 13.4. The summed E-state index contributed by atoms with van der Waals surface area (Å²) in [6.45, 7) is 0.366. The molecule has 4 rings (SSSR count). The highest BCUT2D eigenvalue weighted by Crippen LogP contribution is 2.35. The van der Waals surface area contributed by atoms with Crippen molar-refractivity contribution in [2.24, 2.45) is 0 Å². The Kier molecular flexibility index (Phi) is 7.03. The third-order valence-electron chi connectivity index (χ3n) is 5.98. The predicted molar refractivity (Wildman–Crippen MR) is 126 cm³/mol. The number of ether oxygens (including phenoxy) is 1. The van der Waals surface area contributed by atoms with Crippen molar-refractivity contribution in [3.8, 4) is 5.75 Å². The summed E-state index contributed by atoms with van der Waals surface area (Å²) in [5.41, 5.74) is 4.21. The van der Waals surface area contributed by atoms with Crippen LogP contribution in [0.25, 0.3) is 0 Å². The highest BCUT2D eigenvalue weighted by molar-refractivity contribution is 6.04. The summed E-state index contributed by atoms with van der Waals surface area (Å²) in [5.74, 6) is 0.208. The van der Waals surface area contributed by atoms with Crippen molar-refractivity contribution >= 4 is 17.5 Å². The molecule has 0 aromatic heterocycles. The lowest BCUT2D eigenvalue weighted by atomic mass is 9.81.